The van der Waals surface area contributed by atoms with Crippen LogP contribution in [0.1, 0.15) is 38.3 Å². The highest BCUT2D eigenvalue weighted by Gasteiger charge is 2.31. The van der Waals surface area contributed by atoms with Crippen molar-refractivity contribution in [3.8, 4) is 5.75 Å². The van der Waals surface area contributed by atoms with Gasteiger partial charge in [-0.25, -0.2) is 8.42 Å². The number of nitrogens with zero attached hydrogens (tertiary/aromatic N) is 2. The van der Waals surface area contributed by atoms with E-state index >= 15 is 0 Å². The number of ether oxygens (including phenoxy) is 1. The van der Waals surface area contributed by atoms with Crippen LogP contribution in [-0.2, 0) is 26.2 Å². The van der Waals surface area contributed by atoms with Crippen molar-refractivity contribution < 1.29 is 22.7 Å². The van der Waals surface area contributed by atoms with Crippen LogP contribution in [0.2, 0.25) is 0 Å². The molecule has 0 spiro atoms. The molecule has 2 aromatic carbocycles. The van der Waals surface area contributed by atoms with Gasteiger partial charge in [-0.15, -0.1) is 0 Å². The van der Waals surface area contributed by atoms with E-state index in [1.54, 1.807) is 31.4 Å². The van der Waals surface area contributed by atoms with Crippen molar-refractivity contribution in [1.82, 2.24) is 14.5 Å². The number of nitrogens with one attached hydrogen (secondary N) is 1. The average Bonchev–Trinajstić information content (AvgIpc) is 2.82. The van der Waals surface area contributed by atoms with E-state index in [1.807, 2.05) is 39.8 Å². The quantitative estimate of drug-likeness (QED) is 0.480. The van der Waals surface area contributed by atoms with Crippen LogP contribution in [0.5, 0.6) is 5.75 Å². The summed E-state index contributed by atoms with van der Waals surface area (Å²) in [5, 5.41) is 2.90. The van der Waals surface area contributed by atoms with Crippen LogP contribution in [0.25, 0.3) is 0 Å². The summed E-state index contributed by atoms with van der Waals surface area (Å²) in [4.78, 5) is 28.1. The zero-order valence-corrected chi connectivity index (χ0v) is 22.3. The van der Waals surface area contributed by atoms with Gasteiger partial charge in [0.1, 0.15) is 11.8 Å². The molecule has 0 saturated heterocycles. The first-order chi connectivity index (χ1) is 16.5. The predicted molar refractivity (Wildman–Crippen MR) is 136 cm³/mol. The number of amides is 2. The van der Waals surface area contributed by atoms with E-state index in [0.717, 1.165) is 15.4 Å². The number of carbonyl (C=O) groups is 2. The summed E-state index contributed by atoms with van der Waals surface area (Å²) in [7, 11) is -0.948. The lowest BCUT2D eigenvalue weighted by Gasteiger charge is -2.32. The number of aryl methyl sites for hydroxylation is 1. The minimum atomic E-state index is -3.88. The zero-order valence-electron chi connectivity index (χ0n) is 21.4. The molecule has 0 fully saturated rings. The number of sulfonamides is 1. The van der Waals surface area contributed by atoms with E-state index in [4.69, 9.17) is 4.74 Å². The number of rotatable bonds is 12. The molecule has 192 valence electrons. The molecule has 35 heavy (non-hydrogen) atoms. The first kappa shape index (κ1) is 28.3. The predicted octanol–water partition coefficient (Wildman–Crippen LogP) is 3.20. The van der Waals surface area contributed by atoms with Gasteiger partial charge in [0.05, 0.1) is 18.6 Å². The van der Waals surface area contributed by atoms with Gasteiger partial charge in [-0.3, -0.25) is 9.59 Å². The smallest absolute Gasteiger partial charge is 0.243 e. The first-order valence-electron chi connectivity index (χ1n) is 11.7. The SMILES string of the molecule is CCC(C(=O)NCC(C)C)N(Cc1cccc(OC)c1)C(=O)CN(C)S(=O)(=O)c1ccc(C)cc1. The number of carbonyl (C=O) groups excluding carboxylic acids is 2. The van der Waals surface area contributed by atoms with Gasteiger partial charge >= 0.3 is 0 Å². The average molecular weight is 504 g/mol. The fraction of sp³-hybridized carbons (Fsp3) is 0.462. The Morgan fingerprint density at radius 1 is 1.09 bits per heavy atom. The molecule has 0 heterocycles. The van der Waals surface area contributed by atoms with Crippen molar-refractivity contribution in [2.24, 2.45) is 5.92 Å². The molecule has 0 radical (unpaired) electrons. The molecule has 0 aliphatic heterocycles. The second-order valence-corrected chi connectivity index (χ2v) is 11.1. The van der Waals surface area contributed by atoms with Gasteiger partial charge in [-0.2, -0.15) is 4.31 Å². The largest absolute Gasteiger partial charge is 0.497 e. The van der Waals surface area contributed by atoms with Gasteiger partial charge in [0.15, 0.2) is 0 Å². The van der Waals surface area contributed by atoms with Crippen molar-refractivity contribution in [2.45, 2.75) is 51.6 Å². The monoisotopic (exact) mass is 503 g/mol. The summed E-state index contributed by atoms with van der Waals surface area (Å²) in [6.07, 6.45) is 0.383. The minimum absolute atomic E-state index is 0.111. The second kappa shape index (κ2) is 12.7. The maximum atomic E-state index is 13.5. The molecule has 8 nitrogen and oxygen atoms in total. The Kier molecular flexibility index (Phi) is 10.3. The van der Waals surface area contributed by atoms with Gasteiger partial charge in [0.25, 0.3) is 0 Å². The molecule has 0 bridgehead atoms. The van der Waals surface area contributed by atoms with Gasteiger partial charge in [-0.1, -0.05) is 50.6 Å². The summed E-state index contributed by atoms with van der Waals surface area (Å²) >= 11 is 0. The summed E-state index contributed by atoms with van der Waals surface area (Å²) in [5.41, 5.74) is 1.71. The lowest BCUT2D eigenvalue weighted by atomic mass is 10.1. The third-order valence-electron chi connectivity index (χ3n) is 5.64. The summed E-state index contributed by atoms with van der Waals surface area (Å²) in [6.45, 7) is 7.92. The minimum Gasteiger partial charge on any atom is -0.497 e. The number of hydrogen-bond donors (Lipinski definition) is 1. The third kappa shape index (κ3) is 7.80. The standard InChI is InChI=1S/C26H37N3O5S/c1-7-24(26(31)27-16-19(2)3)29(17-21-9-8-10-22(15-21)34-6)25(30)18-28(5)35(32,33)23-13-11-20(4)12-14-23/h8-15,19,24H,7,16-18H2,1-6H3,(H,27,31). The van der Waals surface area contributed by atoms with E-state index in [2.05, 4.69) is 5.32 Å². The van der Waals surface area contributed by atoms with Crippen LogP contribution in [-0.4, -0.2) is 62.7 Å². The van der Waals surface area contributed by atoms with E-state index in [1.165, 1.54) is 24.1 Å². The van der Waals surface area contributed by atoms with Crippen LogP contribution < -0.4 is 10.1 Å². The molecule has 2 rings (SSSR count). The van der Waals surface area contributed by atoms with Gasteiger partial charge in [-0.05, 0) is 49.1 Å². The number of likely N-dealkylation sites (N-methyl/N-ethyl adjacent to an activating group) is 1. The van der Waals surface area contributed by atoms with Crippen molar-refractivity contribution in [2.75, 3.05) is 27.2 Å². The zero-order chi connectivity index (χ0) is 26.2. The fourth-order valence-electron chi connectivity index (χ4n) is 3.57. The summed E-state index contributed by atoms with van der Waals surface area (Å²) < 4.78 is 32.4. The van der Waals surface area contributed by atoms with Crippen molar-refractivity contribution in [3.63, 3.8) is 0 Å². The molecule has 2 aromatic rings. The Morgan fingerprint density at radius 3 is 2.31 bits per heavy atom. The van der Waals surface area contributed by atoms with Crippen LogP contribution >= 0.6 is 0 Å². The molecule has 1 unspecified atom stereocenters. The van der Waals surface area contributed by atoms with Crippen LogP contribution in [0.15, 0.2) is 53.4 Å². The maximum absolute atomic E-state index is 13.5. The van der Waals surface area contributed by atoms with E-state index < -0.39 is 28.5 Å². The number of methoxy groups -OCH3 is 1. The van der Waals surface area contributed by atoms with Gasteiger partial charge < -0.3 is 15.0 Å². The highest BCUT2D eigenvalue weighted by atomic mass is 32.2. The van der Waals surface area contributed by atoms with Crippen molar-refractivity contribution in [3.05, 3.63) is 59.7 Å². The van der Waals surface area contributed by atoms with E-state index in [0.29, 0.717) is 18.7 Å². The Labute approximate surface area is 209 Å². The molecular weight excluding hydrogens is 466 g/mol. The molecule has 0 aliphatic rings. The van der Waals surface area contributed by atoms with Crippen molar-refractivity contribution >= 4 is 21.8 Å². The lowest BCUT2D eigenvalue weighted by molar-refractivity contribution is -0.141. The number of hydrogen-bond acceptors (Lipinski definition) is 5. The Hall–Kier alpha value is -2.91. The Morgan fingerprint density at radius 2 is 1.74 bits per heavy atom. The lowest BCUT2D eigenvalue weighted by Crippen LogP contribution is -2.52. The molecule has 0 saturated carbocycles. The Balaban J connectivity index is 2.33. The van der Waals surface area contributed by atoms with Crippen molar-refractivity contribution in [1.29, 1.82) is 0 Å². The highest BCUT2D eigenvalue weighted by molar-refractivity contribution is 7.89. The molecule has 0 aromatic heterocycles. The van der Waals surface area contributed by atoms with E-state index in [9.17, 15) is 18.0 Å². The first-order valence-corrected chi connectivity index (χ1v) is 13.2. The van der Waals surface area contributed by atoms with Crippen LogP contribution in [0, 0.1) is 12.8 Å². The fourth-order valence-corrected chi connectivity index (χ4v) is 4.69. The summed E-state index contributed by atoms with van der Waals surface area (Å²) in [5.74, 6) is 0.162. The third-order valence-corrected chi connectivity index (χ3v) is 7.46. The van der Waals surface area contributed by atoms with Crippen LogP contribution in [0.4, 0.5) is 0 Å². The molecular formula is C26H37N3O5S. The van der Waals surface area contributed by atoms with E-state index in [-0.39, 0.29) is 23.3 Å². The second-order valence-electron chi connectivity index (χ2n) is 9.01. The summed E-state index contributed by atoms with van der Waals surface area (Å²) in [6, 6.07) is 13.0. The molecule has 2 amide bonds. The maximum Gasteiger partial charge on any atom is 0.243 e. The van der Waals surface area contributed by atoms with Crippen LogP contribution in [0.3, 0.4) is 0 Å². The molecule has 1 atom stereocenters. The topological polar surface area (TPSA) is 96.0 Å². The molecule has 0 aliphatic carbocycles. The molecule has 9 heteroatoms. The normalized spacial score (nSPS) is 12.5. The Bertz CT molecular complexity index is 1100. The van der Waals surface area contributed by atoms with Gasteiger partial charge in [0.2, 0.25) is 21.8 Å². The highest BCUT2D eigenvalue weighted by Crippen LogP contribution is 2.19. The number of benzene rings is 2. The molecule has 1 N–H and O–H groups in total. The van der Waals surface area contributed by atoms with Gasteiger partial charge in [0, 0.05) is 20.1 Å².